The third-order valence-corrected chi connectivity index (χ3v) is 5.89. The van der Waals surface area contributed by atoms with E-state index >= 15 is 0 Å². The van der Waals surface area contributed by atoms with Gasteiger partial charge >= 0.3 is 0 Å². The predicted octanol–water partition coefficient (Wildman–Crippen LogP) is 3.57. The highest BCUT2D eigenvalue weighted by molar-refractivity contribution is 7.80. The van der Waals surface area contributed by atoms with Gasteiger partial charge in [0.2, 0.25) is 5.91 Å². The first kappa shape index (κ1) is 19.7. The van der Waals surface area contributed by atoms with Crippen LogP contribution < -0.4 is 16.2 Å². The molecule has 0 aliphatic heterocycles. The van der Waals surface area contributed by atoms with E-state index in [1.165, 1.54) is 42.7 Å². The van der Waals surface area contributed by atoms with E-state index in [1.807, 2.05) is 5.38 Å². The van der Waals surface area contributed by atoms with Gasteiger partial charge in [0.1, 0.15) is 10.8 Å². The fraction of sp³-hybridized carbons (Fsp3) is 0.421. The molecule has 5 nitrogen and oxygen atoms in total. The molecular weight excluding hydrogens is 383 g/mol. The van der Waals surface area contributed by atoms with Crippen molar-refractivity contribution < 1.29 is 9.18 Å². The Hall–Kier alpha value is -2.06. The molecule has 1 amide bonds. The van der Waals surface area contributed by atoms with Crippen LogP contribution >= 0.6 is 23.6 Å². The molecular formula is C19H23FN4OS2. The van der Waals surface area contributed by atoms with Crippen LogP contribution in [0.1, 0.15) is 38.3 Å². The monoisotopic (exact) mass is 406 g/mol. The molecule has 144 valence electrons. The standard InChI is InChI=1S/C19H23FN4OS2/c1-12-4-2-3-5-16(12)22-19(26)24-23-17(25)10-15-11-27-18(21-15)13-6-8-14(20)9-7-13/h6-9,11-12,16H,2-5,10H2,1H3,(H,23,25)(H2,22,24,26)/t12-,16+/m0/s1. The van der Waals surface area contributed by atoms with E-state index in [0.717, 1.165) is 17.0 Å². The van der Waals surface area contributed by atoms with E-state index in [9.17, 15) is 9.18 Å². The van der Waals surface area contributed by atoms with Crippen LogP contribution in [0.15, 0.2) is 29.6 Å². The van der Waals surface area contributed by atoms with Gasteiger partial charge in [0.15, 0.2) is 5.11 Å². The Kier molecular flexibility index (Phi) is 6.73. The van der Waals surface area contributed by atoms with Gasteiger partial charge in [-0.25, -0.2) is 9.37 Å². The molecule has 1 aromatic heterocycles. The lowest BCUT2D eigenvalue weighted by Crippen LogP contribution is -2.51. The molecule has 1 saturated carbocycles. The smallest absolute Gasteiger partial charge is 0.244 e. The lowest BCUT2D eigenvalue weighted by atomic mass is 9.86. The number of hydrogen-bond acceptors (Lipinski definition) is 4. The first-order valence-corrected chi connectivity index (χ1v) is 10.4. The molecule has 3 rings (SSSR count). The van der Waals surface area contributed by atoms with Gasteiger partial charge in [-0.3, -0.25) is 15.6 Å². The number of aromatic nitrogens is 1. The second kappa shape index (κ2) is 9.23. The topological polar surface area (TPSA) is 66.0 Å². The number of benzene rings is 1. The Morgan fingerprint density at radius 1 is 1.26 bits per heavy atom. The summed E-state index contributed by atoms with van der Waals surface area (Å²) in [5.41, 5.74) is 6.88. The summed E-state index contributed by atoms with van der Waals surface area (Å²) in [6.07, 6.45) is 4.92. The number of thiocarbonyl (C=S) groups is 1. The molecule has 0 saturated heterocycles. The van der Waals surface area contributed by atoms with Crippen LogP contribution in [0.4, 0.5) is 4.39 Å². The molecule has 0 radical (unpaired) electrons. The van der Waals surface area contributed by atoms with Gasteiger partial charge < -0.3 is 5.32 Å². The number of hydrogen-bond donors (Lipinski definition) is 3. The van der Waals surface area contributed by atoms with Gasteiger partial charge in [0.05, 0.1) is 12.1 Å². The highest BCUT2D eigenvalue weighted by atomic mass is 32.1. The maximum atomic E-state index is 13.0. The maximum absolute atomic E-state index is 13.0. The van der Waals surface area contributed by atoms with Crippen LogP contribution in [0.25, 0.3) is 10.6 Å². The van der Waals surface area contributed by atoms with Crippen molar-refractivity contribution in [2.45, 2.75) is 45.1 Å². The molecule has 1 aliphatic carbocycles. The van der Waals surface area contributed by atoms with Crippen molar-refractivity contribution >= 4 is 34.6 Å². The number of rotatable bonds is 4. The largest absolute Gasteiger partial charge is 0.358 e. The van der Waals surface area contributed by atoms with Crippen molar-refractivity contribution in [2.75, 3.05) is 0 Å². The molecule has 27 heavy (non-hydrogen) atoms. The van der Waals surface area contributed by atoms with Crippen LogP contribution in [0.5, 0.6) is 0 Å². The second-order valence-electron chi connectivity index (χ2n) is 6.84. The van der Waals surface area contributed by atoms with Crippen molar-refractivity contribution in [1.82, 2.24) is 21.2 Å². The number of amides is 1. The second-order valence-corrected chi connectivity index (χ2v) is 8.11. The Morgan fingerprint density at radius 3 is 2.74 bits per heavy atom. The summed E-state index contributed by atoms with van der Waals surface area (Å²) < 4.78 is 13.0. The van der Waals surface area contributed by atoms with E-state index < -0.39 is 0 Å². The quantitative estimate of drug-likeness (QED) is 0.535. The molecule has 1 heterocycles. The minimum atomic E-state index is -0.284. The van der Waals surface area contributed by atoms with Crippen LogP contribution in [-0.2, 0) is 11.2 Å². The molecule has 2 aromatic rings. The van der Waals surface area contributed by atoms with Crippen molar-refractivity contribution in [3.8, 4) is 10.6 Å². The first-order chi connectivity index (χ1) is 13.0. The molecule has 2 atom stereocenters. The summed E-state index contributed by atoms with van der Waals surface area (Å²) in [7, 11) is 0. The highest BCUT2D eigenvalue weighted by Gasteiger charge is 2.21. The molecule has 1 aromatic carbocycles. The van der Waals surface area contributed by atoms with E-state index in [0.29, 0.717) is 22.8 Å². The van der Waals surface area contributed by atoms with Crippen LogP contribution in [0.3, 0.4) is 0 Å². The summed E-state index contributed by atoms with van der Waals surface area (Å²) in [5, 5.41) is 6.31. The van der Waals surface area contributed by atoms with Gasteiger partial charge in [-0.2, -0.15) is 0 Å². The number of nitrogens with zero attached hydrogens (tertiary/aromatic N) is 1. The molecule has 0 bridgehead atoms. The van der Waals surface area contributed by atoms with Gasteiger partial charge in [-0.15, -0.1) is 11.3 Å². The number of halogens is 1. The number of carbonyl (C=O) groups is 1. The Labute approximate surface area is 167 Å². The Bertz CT molecular complexity index is 793. The summed E-state index contributed by atoms with van der Waals surface area (Å²) in [5.74, 6) is 0.0778. The summed E-state index contributed by atoms with van der Waals surface area (Å²) in [6, 6.07) is 6.50. The molecule has 1 fully saturated rings. The average molecular weight is 407 g/mol. The fourth-order valence-corrected chi connectivity index (χ4v) is 4.21. The Balaban J connectivity index is 1.45. The normalized spacial score (nSPS) is 19.3. The van der Waals surface area contributed by atoms with Gasteiger partial charge in [0, 0.05) is 17.0 Å². The van der Waals surface area contributed by atoms with Gasteiger partial charge in [0.25, 0.3) is 0 Å². The zero-order valence-corrected chi connectivity index (χ0v) is 16.8. The van der Waals surface area contributed by atoms with E-state index in [1.54, 1.807) is 12.1 Å². The Morgan fingerprint density at radius 2 is 2.00 bits per heavy atom. The van der Waals surface area contributed by atoms with Gasteiger partial charge in [-0.1, -0.05) is 19.8 Å². The summed E-state index contributed by atoms with van der Waals surface area (Å²) in [4.78, 5) is 16.6. The number of carbonyl (C=O) groups excluding carboxylic acids is 1. The lowest BCUT2D eigenvalue weighted by molar-refractivity contribution is -0.121. The van der Waals surface area contributed by atoms with Crippen LogP contribution in [-0.4, -0.2) is 22.0 Å². The minimum Gasteiger partial charge on any atom is -0.358 e. The third-order valence-electron chi connectivity index (χ3n) is 4.73. The number of nitrogens with one attached hydrogen (secondary N) is 3. The average Bonchev–Trinajstić information content (AvgIpc) is 3.11. The zero-order chi connectivity index (χ0) is 19.2. The number of thiazole rings is 1. The van der Waals surface area contributed by atoms with E-state index in [2.05, 4.69) is 28.1 Å². The third kappa shape index (κ3) is 5.71. The predicted molar refractivity (Wildman–Crippen MR) is 110 cm³/mol. The van der Waals surface area contributed by atoms with Crippen LogP contribution in [0, 0.1) is 11.7 Å². The van der Waals surface area contributed by atoms with Crippen molar-refractivity contribution in [3.63, 3.8) is 0 Å². The zero-order valence-electron chi connectivity index (χ0n) is 15.1. The van der Waals surface area contributed by atoms with Crippen molar-refractivity contribution in [1.29, 1.82) is 0 Å². The fourth-order valence-electron chi connectivity index (χ4n) is 3.18. The molecule has 1 aliphatic rings. The number of hydrazine groups is 1. The van der Waals surface area contributed by atoms with E-state index in [4.69, 9.17) is 12.2 Å². The lowest BCUT2D eigenvalue weighted by Gasteiger charge is -2.30. The summed E-state index contributed by atoms with van der Waals surface area (Å²) >= 11 is 6.69. The van der Waals surface area contributed by atoms with E-state index in [-0.39, 0.29) is 18.1 Å². The molecule has 0 spiro atoms. The highest BCUT2D eigenvalue weighted by Crippen LogP contribution is 2.24. The van der Waals surface area contributed by atoms with Crippen molar-refractivity contribution in [3.05, 3.63) is 41.2 Å². The SMILES string of the molecule is C[C@H]1CCCC[C@H]1NC(=S)NNC(=O)Cc1csc(-c2ccc(F)cc2)n1. The molecule has 0 unspecified atom stereocenters. The van der Waals surface area contributed by atoms with Crippen molar-refractivity contribution in [2.24, 2.45) is 5.92 Å². The van der Waals surface area contributed by atoms with Crippen LogP contribution in [0.2, 0.25) is 0 Å². The first-order valence-electron chi connectivity index (χ1n) is 9.07. The maximum Gasteiger partial charge on any atom is 0.244 e. The summed E-state index contributed by atoms with van der Waals surface area (Å²) in [6.45, 7) is 2.22. The molecule has 8 heteroatoms. The van der Waals surface area contributed by atoms with Gasteiger partial charge in [-0.05, 0) is 55.2 Å². The minimum absolute atomic E-state index is 0.146. The molecule has 3 N–H and O–H groups in total.